The fourth-order valence-electron chi connectivity index (χ4n) is 2.97. The number of esters is 1. The van der Waals surface area contributed by atoms with Crippen LogP contribution in [0.1, 0.15) is 35.3 Å². The van der Waals surface area contributed by atoms with Crippen molar-refractivity contribution in [2.45, 2.75) is 26.3 Å². The summed E-state index contributed by atoms with van der Waals surface area (Å²) in [5.41, 5.74) is 0.907. The molecule has 2 aromatic carbocycles. The van der Waals surface area contributed by atoms with Crippen LogP contribution in [0.25, 0.3) is 0 Å². The Balaban J connectivity index is 1.70. The van der Waals surface area contributed by atoms with Crippen LogP contribution in [0, 0.1) is 6.92 Å². The maximum absolute atomic E-state index is 12.8. The van der Waals surface area contributed by atoms with Crippen LogP contribution in [0.3, 0.4) is 0 Å². The highest BCUT2D eigenvalue weighted by Gasteiger charge is 2.49. The lowest BCUT2D eigenvalue weighted by atomic mass is 9.91. The molecule has 0 bridgehead atoms. The molecule has 0 spiro atoms. The third-order valence-electron chi connectivity index (χ3n) is 4.68. The number of imide groups is 1. The van der Waals surface area contributed by atoms with Crippen LogP contribution >= 0.6 is 0 Å². The molecule has 7 nitrogen and oxygen atoms in total. The van der Waals surface area contributed by atoms with Crippen LogP contribution in [0.15, 0.2) is 48.5 Å². The minimum atomic E-state index is -1.24. The molecular weight excluding hydrogens is 360 g/mol. The smallest absolute Gasteiger partial charge is 0.331 e. The van der Waals surface area contributed by atoms with E-state index in [1.807, 2.05) is 19.1 Å². The van der Waals surface area contributed by atoms with Gasteiger partial charge in [0.25, 0.3) is 5.91 Å². The summed E-state index contributed by atoms with van der Waals surface area (Å²) < 4.78 is 5.17. The minimum Gasteiger partial charge on any atom is -0.425 e. The summed E-state index contributed by atoms with van der Waals surface area (Å²) in [4.78, 5) is 49.5. The zero-order valence-corrected chi connectivity index (χ0v) is 15.8. The molecule has 7 heteroatoms. The molecule has 1 aliphatic heterocycles. The van der Waals surface area contributed by atoms with Crippen LogP contribution in [0.5, 0.6) is 5.75 Å². The number of carbonyl (C=O) groups is 4. The van der Waals surface area contributed by atoms with E-state index in [4.69, 9.17) is 4.74 Å². The van der Waals surface area contributed by atoms with Gasteiger partial charge in [0.05, 0.1) is 0 Å². The van der Waals surface area contributed by atoms with Gasteiger partial charge in [0, 0.05) is 5.56 Å². The fraction of sp³-hybridized carbons (Fsp3) is 0.238. The second-order valence-corrected chi connectivity index (χ2v) is 6.87. The van der Waals surface area contributed by atoms with Crippen LogP contribution < -0.4 is 10.1 Å². The number of benzene rings is 2. The zero-order valence-electron chi connectivity index (χ0n) is 15.8. The van der Waals surface area contributed by atoms with Gasteiger partial charge in [-0.15, -0.1) is 0 Å². The largest absolute Gasteiger partial charge is 0.425 e. The maximum atomic E-state index is 12.8. The number of Topliss-reactive ketones (excluding diaryl/α,β-unsaturated/α-hetero) is 1. The molecule has 2 aromatic rings. The van der Waals surface area contributed by atoms with Gasteiger partial charge >= 0.3 is 12.0 Å². The van der Waals surface area contributed by atoms with Crippen molar-refractivity contribution in [2.75, 3.05) is 6.54 Å². The van der Waals surface area contributed by atoms with E-state index in [2.05, 4.69) is 5.32 Å². The molecule has 0 aromatic heterocycles. The number of carbonyl (C=O) groups excluding carboxylic acids is 4. The third kappa shape index (κ3) is 3.64. The molecular formula is C21H20N2O5. The summed E-state index contributed by atoms with van der Waals surface area (Å²) in [5, 5.41) is 2.65. The average molecular weight is 380 g/mol. The summed E-state index contributed by atoms with van der Waals surface area (Å²) in [6, 6.07) is 12.6. The van der Waals surface area contributed by atoms with Crippen molar-refractivity contribution in [3.05, 3.63) is 65.2 Å². The predicted molar refractivity (Wildman–Crippen MR) is 101 cm³/mol. The van der Waals surface area contributed by atoms with Gasteiger partial charge in [-0.1, -0.05) is 29.8 Å². The summed E-state index contributed by atoms with van der Waals surface area (Å²) in [6.45, 7) is 4.44. The van der Waals surface area contributed by atoms with Gasteiger partial charge in [0.15, 0.2) is 5.78 Å². The highest BCUT2D eigenvalue weighted by molar-refractivity contribution is 6.08. The number of hydrogen-bond donors (Lipinski definition) is 1. The first kappa shape index (κ1) is 19.3. The number of rotatable bonds is 5. The molecule has 3 rings (SSSR count). The van der Waals surface area contributed by atoms with Gasteiger partial charge in [-0.2, -0.15) is 0 Å². The van der Waals surface area contributed by atoms with E-state index in [0.717, 1.165) is 10.5 Å². The SMILES string of the molecule is CC(=O)c1ccc(OC(=O)CN2C(=O)N[C@@](C)(c3ccc(C)cc3)C2=O)cc1. The van der Waals surface area contributed by atoms with Crippen molar-refractivity contribution in [2.24, 2.45) is 0 Å². The van der Waals surface area contributed by atoms with E-state index < -0.39 is 30.0 Å². The molecule has 1 fully saturated rings. The Bertz CT molecular complexity index is 950. The first-order chi connectivity index (χ1) is 13.2. The van der Waals surface area contributed by atoms with E-state index in [1.165, 1.54) is 31.2 Å². The van der Waals surface area contributed by atoms with Gasteiger partial charge in [0.1, 0.15) is 17.8 Å². The topological polar surface area (TPSA) is 92.8 Å². The lowest BCUT2D eigenvalue weighted by Crippen LogP contribution is -2.41. The highest BCUT2D eigenvalue weighted by Crippen LogP contribution is 2.29. The van der Waals surface area contributed by atoms with Crippen molar-refractivity contribution < 1.29 is 23.9 Å². The minimum absolute atomic E-state index is 0.104. The Hall–Kier alpha value is -3.48. The number of ether oxygens (including phenoxy) is 1. The van der Waals surface area contributed by atoms with Crippen LogP contribution in [0.2, 0.25) is 0 Å². The van der Waals surface area contributed by atoms with Crippen LogP contribution in [-0.2, 0) is 15.1 Å². The first-order valence-electron chi connectivity index (χ1n) is 8.73. The van der Waals surface area contributed by atoms with Crippen LogP contribution in [-0.4, -0.2) is 35.1 Å². The van der Waals surface area contributed by atoms with E-state index in [1.54, 1.807) is 19.1 Å². The molecule has 1 atom stereocenters. The van der Waals surface area contributed by atoms with E-state index in [0.29, 0.717) is 11.1 Å². The van der Waals surface area contributed by atoms with Gasteiger partial charge in [-0.3, -0.25) is 14.5 Å². The number of nitrogens with zero attached hydrogens (tertiary/aromatic N) is 1. The molecule has 1 aliphatic rings. The quantitative estimate of drug-likeness (QED) is 0.372. The van der Waals surface area contributed by atoms with Crippen molar-refractivity contribution >= 4 is 23.7 Å². The van der Waals surface area contributed by atoms with Crippen molar-refractivity contribution in [1.82, 2.24) is 10.2 Å². The average Bonchev–Trinajstić information content (AvgIpc) is 2.86. The van der Waals surface area contributed by atoms with Crippen LogP contribution in [0.4, 0.5) is 4.79 Å². The standard InChI is InChI=1S/C21H20N2O5/c1-13-4-8-16(9-5-13)21(3)19(26)23(20(27)22-21)12-18(25)28-17-10-6-15(7-11-17)14(2)24/h4-11H,12H2,1-3H3,(H,22,27)/t21-/m0/s1. The highest BCUT2D eigenvalue weighted by atomic mass is 16.5. The van der Waals surface area contributed by atoms with Gasteiger partial charge in [-0.25, -0.2) is 9.59 Å². The third-order valence-corrected chi connectivity index (χ3v) is 4.68. The Morgan fingerprint density at radius 2 is 1.64 bits per heavy atom. The van der Waals surface area contributed by atoms with Gasteiger partial charge in [0.2, 0.25) is 0 Å². The summed E-state index contributed by atoms with van der Waals surface area (Å²) in [5.74, 6) is -1.16. The molecule has 28 heavy (non-hydrogen) atoms. The number of amides is 3. The fourth-order valence-corrected chi connectivity index (χ4v) is 2.97. The van der Waals surface area contributed by atoms with E-state index >= 15 is 0 Å². The maximum Gasteiger partial charge on any atom is 0.331 e. The predicted octanol–water partition coefficient (Wildman–Crippen LogP) is 2.57. The number of hydrogen-bond acceptors (Lipinski definition) is 5. The Kier molecular flexibility index (Phi) is 5.00. The molecule has 144 valence electrons. The second kappa shape index (κ2) is 7.26. The Labute approximate surface area is 162 Å². The number of urea groups is 1. The summed E-state index contributed by atoms with van der Waals surface area (Å²) >= 11 is 0. The monoisotopic (exact) mass is 380 g/mol. The number of nitrogens with one attached hydrogen (secondary N) is 1. The number of aryl methyl sites for hydroxylation is 1. The molecule has 0 radical (unpaired) electrons. The van der Waals surface area contributed by atoms with Crippen molar-refractivity contribution in [3.8, 4) is 5.75 Å². The molecule has 1 saturated heterocycles. The van der Waals surface area contributed by atoms with Gasteiger partial charge < -0.3 is 10.1 Å². The molecule has 0 aliphatic carbocycles. The first-order valence-corrected chi connectivity index (χ1v) is 8.73. The van der Waals surface area contributed by atoms with Crippen molar-refractivity contribution in [3.63, 3.8) is 0 Å². The Morgan fingerprint density at radius 1 is 1.04 bits per heavy atom. The lowest BCUT2D eigenvalue weighted by molar-refractivity contribution is -0.140. The lowest BCUT2D eigenvalue weighted by Gasteiger charge is -2.22. The molecule has 0 saturated carbocycles. The molecule has 0 unspecified atom stereocenters. The molecule has 3 amide bonds. The normalized spacial score (nSPS) is 18.8. The summed E-state index contributed by atoms with van der Waals surface area (Å²) in [7, 11) is 0. The molecule has 1 heterocycles. The van der Waals surface area contributed by atoms with Crippen molar-refractivity contribution in [1.29, 1.82) is 0 Å². The Morgan fingerprint density at radius 3 is 2.21 bits per heavy atom. The van der Waals surface area contributed by atoms with E-state index in [9.17, 15) is 19.2 Å². The molecule has 1 N–H and O–H groups in total. The zero-order chi connectivity index (χ0) is 20.5. The van der Waals surface area contributed by atoms with Gasteiger partial charge in [-0.05, 0) is 50.6 Å². The number of ketones is 1. The van der Waals surface area contributed by atoms with E-state index in [-0.39, 0.29) is 11.5 Å². The second-order valence-electron chi connectivity index (χ2n) is 6.87. The summed E-state index contributed by atoms with van der Waals surface area (Å²) in [6.07, 6.45) is 0.